The summed E-state index contributed by atoms with van der Waals surface area (Å²) in [5.41, 5.74) is 2.51. The van der Waals surface area contributed by atoms with Crippen molar-refractivity contribution in [1.82, 2.24) is 9.78 Å². The lowest BCUT2D eigenvalue weighted by Gasteiger charge is -2.11. The van der Waals surface area contributed by atoms with E-state index in [-0.39, 0.29) is 5.91 Å². The minimum absolute atomic E-state index is 0.260. The molecule has 0 spiro atoms. The van der Waals surface area contributed by atoms with Gasteiger partial charge in [0.15, 0.2) is 5.76 Å². The van der Waals surface area contributed by atoms with E-state index in [1.807, 2.05) is 0 Å². The molecule has 112 valence electrons. The van der Waals surface area contributed by atoms with Crippen LogP contribution >= 0.6 is 0 Å². The lowest BCUT2D eigenvalue weighted by Crippen LogP contribution is -2.16. The fraction of sp³-hybridized carbons (Fsp3) is 0.429. The Bertz CT molecular complexity index is 632. The maximum Gasteiger partial charge on any atom is 0.291 e. The third kappa shape index (κ3) is 2.98. The SMILES string of the molecule is COCCn1cc(NC(=O)c2occ3c2CCOC3)cn1. The number of aromatic nitrogens is 2. The number of amides is 1. The number of furan rings is 1. The largest absolute Gasteiger partial charge is 0.458 e. The zero-order valence-electron chi connectivity index (χ0n) is 11.8. The van der Waals surface area contributed by atoms with E-state index in [1.54, 1.807) is 30.4 Å². The number of carbonyl (C=O) groups excluding carboxylic acids is 1. The number of nitrogens with zero attached hydrogens (tertiary/aromatic N) is 2. The second kappa shape index (κ2) is 6.11. The first kappa shape index (κ1) is 13.8. The maximum absolute atomic E-state index is 12.3. The van der Waals surface area contributed by atoms with Gasteiger partial charge in [0.1, 0.15) is 0 Å². The van der Waals surface area contributed by atoms with Crippen LogP contribution < -0.4 is 5.32 Å². The molecular weight excluding hydrogens is 274 g/mol. The average molecular weight is 291 g/mol. The van der Waals surface area contributed by atoms with Crippen LogP contribution in [-0.2, 0) is 29.0 Å². The fourth-order valence-corrected chi connectivity index (χ4v) is 2.28. The van der Waals surface area contributed by atoms with Gasteiger partial charge in [-0.3, -0.25) is 9.48 Å². The predicted octanol–water partition coefficient (Wildman–Crippen LogP) is 1.45. The summed E-state index contributed by atoms with van der Waals surface area (Å²) in [5.74, 6) is 0.0994. The summed E-state index contributed by atoms with van der Waals surface area (Å²) < 4.78 is 17.4. The molecule has 0 saturated carbocycles. The summed E-state index contributed by atoms with van der Waals surface area (Å²) in [6, 6.07) is 0. The molecule has 0 bridgehead atoms. The average Bonchev–Trinajstić information content (AvgIpc) is 3.11. The Hall–Kier alpha value is -2.12. The molecule has 3 heterocycles. The Balaban J connectivity index is 1.68. The van der Waals surface area contributed by atoms with Gasteiger partial charge in [-0.25, -0.2) is 0 Å². The van der Waals surface area contributed by atoms with Crippen LogP contribution in [0.5, 0.6) is 0 Å². The van der Waals surface area contributed by atoms with Crippen LogP contribution in [-0.4, -0.2) is 36.0 Å². The molecule has 1 aliphatic rings. The first-order valence-electron chi connectivity index (χ1n) is 6.77. The minimum atomic E-state index is -0.260. The van der Waals surface area contributed by atoms with Crippen LogP contribution in [0.2, 0.25) is 0 Å². The molecule has 0 aromatic carbocycles. The van der Waals surface area contributed by atoms with Crippen LogP contribution in [0, 0.1) is 0 Å². The lowest BCUT2D eigenvalue weighted by molar-refractivity contribution is 0.0988. The van der Waals surface area contributed by atoms with Gasteiger partial charge in [-0.1, -0.05) is 0 Å². The summed E-state index contributed by atoms with van der Waals surface area (Å²) in [7, 11) is 1.63. The monoisotopic (exact) mass is 291 g/mol. The van der Waals surface area contributed by atoms with Gasteiger partial charge in [-0.15, -0.1) is 0 Å². The number of ether oxygens (including phenoxy) is 2. The van der Waals surface area contributed by atoms with Gasteiger partial charge < -0.3 is 19.2 Å². The van der Waals surface area contributed by atoms with E-state index in [9.17, 15) is 4.79 Å². The van der Waals surface area contributed by atoms with E-state index in [2.05, 4.69) is 10.4 Å². The van der Waals surface area contributed by atoms with Crippen LogP contribution in [0.1, 0.15) is 21.7 Å². The van der Waals surface area contributed by atoms with Crippen molar-refractivity contribution in [2.24, 2.45) is 0 Å². The van der Waals surface area contributed by atoms with Crippen molar-refractivity contribution in [2.45, 2.75) is 19.6 Å². The van der Waals surface area contributed by atoms with Gasteiger partial charge in [-0.2, -0.15) is 5.10 Å². The van der Waals surface area contributed by atoms with Gasteiger partial charge in [0.25, 0.3) is 5.91 Å². The summed E-state index contributed by atoms with van der Waals surface area (Å²) >= 11 is 0. The zero-order valence-corrected chi connectivity index (χ0v) is 11.8. The number of anilines is 1. The Morgan fingerprint density at radius 1 is 1.57 bits per heavy atom. The molecule has 7 heteroatoms. The van der Waals surface area contributed by atoms with Crippen molar-refractivity contribution in [3.05, 3.63) is 35.5 Å². The molecule has 7 nitrogen and oxygen atoms in total. The molecule has 1 N–H and O–H groups in total. The number of carbonyl (C=O) groups is 1. The van der Waals surface area contributed by atoms with Gasteiger partial charge >= 0.3 is 0 Å². The van der Waals surface area contributed by atoms with E-state index >= 15 is 0 Å². The van der Waals surface area contributed by atoms with E-state index < -0.39 is 0 Å². The number of hydrogen-bond donors (Lipinski definition) is 1. The molecule has 2 aromatic rings. The van der Waals surface area contributed by atoms with E-state index in [0.29, 0.717) is 44.2 Å². The quantitative estimate of drug-likeness (QED) is 0.902. The number of hydrogen-bond acceptors (Lipinski definition) is 5. The minimum Gasteiger partial charge on any atom is -0.458 e. The number of nitrogens with one attached hydrogen (secondary N) is 1. The molecular formula is C14H17N3O4. The number of rotatable bonds is 5. The number of methoxy groups -OCH3 is 1. The van der Waals surface area contributed by atoms with Crippen LogP contribution in [0.25, 0.3) is 0 Å². The summed E-state index contributed by atoms with van der Waals surface area (Å²) in [6.45, 7) is 2.32. The molecule has 1 amide bonds. The third-order valence-corrected chi connectivity index (χ3v) is 3.36. The van der Waals surface area contributed by atoms with Crippen molar-refractivity contribution in [3.63, 3.8) is 0 Å². The highest BCUT2D eigenvalue weighted by atomic mass is 16.5. The predicted molar refractivity (Wildman–Crippen MR) is 74.1 cm³/mol. The fourth-order valence-electron chi connectivity index (χ4n) is 2.28. The molecule has 1 aliphatic heterocycles. The highest BCUT2D eigenvalue weighted by Crippen LogP contribution is 2.23. The van der Waals surface area contributed by atoms with E-state index in [1.165, 1.54) is 0 Å². The third-order valence-electron chi connectivity index (χ3n) is 3.36. The molecule has 0 atom stereocenters. The van der Waals surface area contributed by atoms with Gasteiger partial charge in [0.05, 0.1) is 44.5 Å². The normalized spacial score (nSPS) is 14.0. The lowest BCUT2D eigenvalue weighted by atomic mass is 10.1. The Morgan fingerprint density at radius 2 is 2.48 bits per heavy atom. The Morgan fingerprint density at radius 3 is 3.33 bits per heavy atom. The Labute approximate surface area is 121 Å². The summed E-state index contributed by atoms with van der Waals surface area (Å²) in [4.78, 5) is 12.3. The summed E-state index contributed by atoms with van der Waals surface area (Å²) in [5, 5.41) is 6.94. The van der Waals surface area contributed by atoms with Crippen molar-refractivity contribution in [3.8, 4) is 0 Å². The molecule has 0 radical (unpaired) electrons. The van der Waals surface area contributed by atoms with Crippen molar-refractivity contribution in [2.75, 3.05) is 25.6 Å². The van der Waals surface area contributed by atoms with E-state index in [4.69, 9.17) is 13.9 Å². The van der Waals surface area contributed by atoms with Gasteiger partial charge in [0, 0.05) is 30.9 Å². The van der Waals surface area contributed by atoms with E-state index in [0.717, 1.165) is 11.1 Å². The molecule has 0 unspecified atom stereocenters. The topological polar surface area (TPSA) is 78.5 Å². The van der Waals surface area contributed by atoms with Gasteiger partial charge in [0.2, 0.25) is 0 Å². The van der Waals surface area contributed by atoms with Crippen molar-refractivity contribution >= 4 is 11.6 Å². The molecule has 21 heavy (non-hydrogen) atoms. The molecule has 0 fully saturated rings. The molecule has 0 aliphatic carbocycles. The zero-order chi connectivity index (χ0) is 14.7. The number of fused-ring (bicyclic) bond motifs is 1. The van der Waals surface area contributed by atoms with Crippen LogP contribution in [0.15, 0.2) is 23.1 Å². The van der Waals surface area contributed by atoms with Crippen molar-refractivity contribution in [1.29, 1.82) is 0 Å². The molecule has 2 aromatic heterocycles. The molecule has 0 saturated heterocycles. The second-order valence-corrected chi connectivity index (χ2v) is 4.81. The second-order valence-electron chi connectivity index (χ2n) is 4.81. The first-order chi connectivity index (χ1) is 10.3. The highest BCUT2D eigenvalue weighted by Gasteiger charge is 2.22. The smallest absolute Gasteiger partial charge is 0.291 e. The first-order valence-corrected chi connectivity index (χ1v) is 6.77. The highest BCUT2D eigenvalue weighted by molar-refractivity contribution is 6.03. The molecule has 3 rings (SSSR count). The van der Waals surface area contributed by atoms with Crippen LogP contribution in [0.3, 0.4) is 0 Å². The summed E-state index contributed by atoms with van der Waals surface area (Å²) in [6.07, 6.45) is 5.65. The van der Waals surface area contributed by atoms with Gasteiger partial charge in [-0.05, 0) is 0 Å². The maximum atomic E-state index is 12.3. The Kier molecular flexibility index (Phi) is 4.03. The van der Waals surface area contributed by atoms with Crippen molar-refractivity contribution < 1.29 is 18.7 Å². The standard InChI is InChI=1S/C14H17N3O4/c1-19-5-3-17-7-11(6-15-17)16-14(18)13-12-2-4-20-8-10(12)9-21-13/h6-7,9H,2-5,8H2,1H3,(H,16,18). The van der Waals surface area contributed by atoms with Crippen LogP contribution in [0.4, 0.5) is 5.69 Å².